The highest BCUT2D eigenvalue weighted by atomic mass is 35.5. The molecule has 0 saturated carbocycles. The van der Waals surface area contributed by atoms with Crippen LogP contribution in [0.4, 0.5) is 4.79 Å². The molecule has 2 fully saturated rings. The summed E-state index contributed by atoms with van der Waals surface area (Å²) in [6.45, 7) is 7.36. The van der Waals surface area contributed by atoms with E-state index in [1.165, 1.54) is 16.7 Å². The maximum absolute atomic E-state index is 13.2. The quantitative estimate of drug-likeness (QED) is 0.635. The van der Waals surface area contributed by atoms with Gasteiger partial charge >= 0.3 is 6.03 Å². The number of nitrogens with one attached hydrogen (secondary N) is 1. The van der Waals surface area contributed by atoms with Crippen LogP contribution in [0.2, 0.25) is 5.02 Å². The molecule has 0 spiro atoms. The predicted octanol–water partition coefficient (Wildman–Crippen LogP) is 4.29. The third-order valence-corrected chi connectivity index (χ3v) is 8.41. The number of carbonyl (C=O) groups excluding carboxylic acids is 2. The Kier molecular flexibility index (Phi) is 8.30. The van der Waals surface area contributed by atoms with Crippen LogP contribution in [0.3, 0.4) is 0 Å². The standard InChI is InChI=1S/C29H38ClN5O2/c1-2-11-32-29(37)35-13-9-21(10-14-35)19-26(36)33-15-17-34(18-16-33)28-25-8-7-24(30)20-23(25)6-5-22-4-3-12-31-27(22)28/h3-4,7-8,12,20-21,28H,2,5-6,9-11,13-19H2,1H3,(H,32,37). The zero-order valence-electron chi connectivity index (χ0n) is 21.8. The number of carbonyl (C=O) groups is 2. The first-order valence-electron chi connectivity index (χ1n) is 13.8. The van der Waals surface area contributed by atoms with Crippen molar-refractivity contribution in [3.63, 3.8) is 0 Å². The molecule has 1 N–H and O–H groups in total. The number of piperidine rings is 1. The van der Waals surface area contributed by atoms with Gasteiger partial charge in [0.05, 0.1) is 11.7 Å². The van der Waals surface area contributed by atoms with Crippen molar-refractivity contribution in [1.29, 1.82) is 0 Å². The lowest BCUT2D eigenvalue weighted by Gasteiger charge is -2.40. The number of hydrogen-bond acceptors (Lipinski definition) is 4. The van der Waals surface area contributed by atoms with Crippen LogP contribution < -0.4 is 5.32 Å². The molecule has 3 amide bonds. The number of nitrogens with zero attached hydrogens (tertiary/aromatic N) is 4. The van der Waals surface area contributed by atoms with E-state index in [0.29, 0.717) is 18.9 Å². The zero-order chi connectivity index (χ0) is 25.8. The zero-order valence-corrected chi connectivity index (χ0v) is 22.6. The minimum absolute atomic E-state index is 0.0289. The Balaban J connectivity index is 1.19. The maximum Gasteiger partial charge on any atom is 0.317 e. The average molecular weight is 524 g/mol. The van der Waals surface area contributed by atoms with Gasteiger partial charge in [-0.2, -0.15) is 0 Å². The minimum atomic E-state index is 0.0289. The van der Waals surface area contributed by atoms with E-state index in [-0.39, 0.29) is 18.0 Å². The third kappa shape index (κ3) is 5.93. The highest BCUT2D eigenvalue weighted by Crippen LogP contribution is 2.37. The van der Waals surface area contributed by atoms with Crippen molar-refractivity contribution < 1.29 is 9.59 Å². The minimum Gasteiger partial charge on any atom is -0.340 e. The molecule has 1 aliphatic carbocycles. The first-order valence-corrected chi connectivity index (χ1v) is 14.2. The summed E-state index contributed by atoms with van der Waals surface area (Å²) >= 11 is 6.36. The molecule has 8 heteroatoms. The lowest BCUT2D eigenvalue weighted by Crippen LogP contribution is -2.50. The maximum atomic E-state index is 13.2. The Morgan fingerprint density at radius 3 is 2.51 bits per heavy atom. The highest BCUT2D eigenvalue weighted by molar-refractivity contribution is 6.30. The number of fused-ring (bicyclic) bond motifs is 2. The van der Waals surface area contributed by atoms with Crippen molar-refractivity contribution in [2.75, 3.05) is 45.8 Å². The molecule has 2 saturated heterocycles. The van der Waals surface area contributed by atoms with Gasteiger partial charge in [0.1, 0.15) is 0 Å². The van der Waals surface area contributed by atoms with Crippen LogP contribution in [0.25, 0.3) is 0 Å². The first-order chi connectivity index (χ1) is 18.0. The SMILES string of the molecule is CCCNC(=O)N1CCC(CC(=O)N2CCN(C3c4ccc(Cl)cc4CCc4cccnc43)CC2)CC1. The molecule has 0 bridgehead atoms. The van der Waals surface area contributed by atoms with Crippen molar-refractivity contribution in [2.45, 2.75) is 51.5 Å². The Bertz CT molecular complexity index is 1110. The van der Waals surface area contributed by atoms with Gasteiger partial charge in [0.25, 0.3) is 0 Å². The summed E-state index contributed by atoms with van der Waals surface area (Å²) in [6, 6.07) is 10.6. The number of aryl methyl sites for hydroxylation is 2. The van der Waals surface area contributed by atoms with Gasteiger partial charge in [0, 0.05) is 63.5 Å². The summed E-state index contributed by atoms with van der Waals surface area (Å²) in [5.41, 5.74) is 5.02. The van der Waals surface area contributed by atoms with Gasteiger partial charge in [-0.3, -0.25) is 14.7 Å². The van der Waals surface area contributed by atoms with Crippen molar-refractivity contribution in [1.82, 2.24) is 25.0 Å². The number of amides is 3. The van der Waals surface area contributed by atoms with Gasteiger partial charge in [0.2, 0.25) is 5.91 Å². The second kappa shape index (κ2) is 11.8. The molecule has 5 rings (SSSR count). The summed E-state index contributed by atoms with van der Waals surface area (Å²) < 4.78 is 0. The van der Waals surface area contributed by atoms with Crippen molar-refractivity contribution in [3.05, 3.63) is 63.9 Å². The first kappa shape index (κ1) is 26.0. The van der Waals surface area contributed by atoms with E-state index in [9.17, 15) is 9.59 Å². The Labute approximate surface area is 225 Å². The molecular weight excluding hydrogens is 486 g/mol. The predicted molar refractivity (Wildman–Crippen MR) is 146 cm³/mol. The molecule has 7 nitrogen and oxygen atoms in total. The molecule has 1 atom stereocenters. The van der Waals surface area contributed by atoms with Crippen molar-refractivity contribution in [2.24, 2.45) is 5.92 Å². The Morgan fingerprint density at radius 1 is 1.00 bits per heavy atom. The monoisotopic (exact) mass is 523 g/mol. The molecule has 1 aromatic heterocycles. The molecule has 37 heavy (non-hydrogen) atoms. The van der Waals surface area contributed by atoms with Crippen LogP contribution in [0.5, 0.6) is 0 Å². The van der Waals surface area contributed by atoms with E-state index < -0.39 is 0 Å². The van der Waals surface area contributed by atoms with Gasteiger partial charge in [-0.25, -0.2) is 4.79 Å². The molecule has 1 unspecified atom stereocenters. The van der Waals surface area contributed by atoms with E-state index in [1.54, 1.807) is 0 Å². The number of likely N-dealkylation sites (tertiary alicyclic amines) is 1. The van der Waals surface area contributed by atoms with E-state index in [4.69, 9.17) is 16.6 Å². The number of piperazine rings is 1. The van der Waals surface area contributed by atoms with Gasteiger partial charge < -0.3 is 15.1 Å². The number of aromatic nitrogens is 1. The number of rotatable bonds is 5. The number of pyridine rings is 1. The summed E-state index contributed by atoms with van der Waals surface area (Å²) in [6.07, 6.45) is 7.14. The summed E-state index contributed by atoms with van der Waals surface area (Å²) in [5, 5.41) is 3.73. The molecule has 198 valence electrons. The number of hydrogen-bond donors (Lipinski definition) is 1. The van der Waals surface area contributed by atoms with E-state index >= 15 is 0 Å². The van der Waals surface area contributed by atoms with Crippen LogP contribution in [-0.4, -0.2) is 77.4 Å². The van der Waals surface area contributed by atoms with Gasteiger partial charge in [-0.15, -0.1) is 0 Å². The van der Waals surface area contributed by atoms with Crippen LogP contribution >= 0.6 is 11.6 Å². The van der Waals surface area contributed by atoms with Crippen molar-refractivity contribution >= 4 is 23.5 Å². The second-order valence-electron chi connectivity index (χ2n) is 10.6. The third-order valence-electron chi connectivity index (χ3n) is 8.17. The van der Waals surface area contributed by atoms with Crippen LogP contribution in [0.15, 0.2) is 36.5 Å². The second-order valence-corrected chi connectivity index (χ2v) is 11.0. The van der Waals surface area contributed by atoms with E-state index in [2.05, 4.69) is 35.3 Å². The largest absolute Gasteiger partial charge is 0.340 e. The Morgan fingerprint density at radius 2 is 1.76 bits per heavy atom. The lowest BCUT2D eigenvalue weighted by atomic mass is 9.93. The molecule has 2 aliphatic heterocycles. The fourth-order valence-corrected chi connectivity index (χ4v) is 6.24. The van der Waals surface area contributed by atoms with Gasteiger partial charge in [-0.1, -0.05) is 30.7 Å². The summed E-state index contributed by atoms with van der Waals surface area (Å²) in [5.74, 6) is 0.607. The van der Waals surface area contributed by atoms with Crippen LogP contribution in [0, 0.1) is 5.92 Å². The molecule has 1 aromatic carbocycles. The van der Waals surface area contributed by atoms with Gasteiger partial charge in [0.15, 0.2) is 0 Å². The number of benzene rings is 1. The van der Waals surface area contributed by atoms with Crippen molar-refractivity contribution in [3.8, 4) is 0 Å². The fraction of sp³-hybridized carbons (Fsp3) is 0.552. The van der Waals surface area contributed by atoms with Crippen LogP contribution in [0.1, 0.15) is 61.0 Å². The molecule has 3 aliphatic rings. The highest BCUT2D eigenvalue weighted by Gasteiger charge is 2.34. The molecule has 0 radical (unpaired) electrons. The number of urea groups is 1. The molecule has 3 heterocycles. The van der Waals surface area contributed by atoms with E-state index in [0.717, 1.165) is 82.1 Å². The summed E-state index contributed by atoms with van der Waals surface area (Å²) in [4.78, 5) is 36.6. The Hall–Kier alpha value is -2.64. The average Bonchev–Trinajstić information content (AvgIpc) is 3.09. The van der Waals surface area contributed by atoms with Gasteiger partial charge in [-0.05, 0) is 72.9 Å². The summed E-state index contributed by atoms with van der Waals surface area (Å²) in [7, 11) is 0. The van der Waals surface area contributed by atoms with Crippen LogP contribution in [-0.2, 0) is 17.6 Å². The van der Waals surface area contributed by atoms with E-state index in [1.807, 2.05) is 28.1 Å². The molecular formula is C29H38ClN5O2. The normalized spacial score (nSPS) is 20.6. The smallest absolute Gasteiger partial charge is 0.317 e. The molecule has 2 aromatic rings. The topological polar surface area (TPSA) is 68.8 Å². The number of halogens is 1. The fourth-order valence-electron chi connectivity index (χ4n) is 6.04. The lowest BCUT2D eigenvalue weighted by molar-refractivity contribution is -0.134.